The van der Waals surface area contributed by atoms with Crippen LogP contribution in [0.2, 0.25) is 0 Å². The summed E-state index contributed by atoms with van der Waals surface area (Å²) in [6, 6.07) is 4.11. The highest BCUT2D eigenvalue weighted by molar-refractivity contribution is 8.06. The molecule has 0 atom stereocenters. The molecule has 1 aromatic carbocycles. The molecule has 0 unspecified atom stereocenters. The summed E-state index contributed by atoms with van der Waals surface area (Å²) in [5.74, 6) is -0.539. The maximum absolute atomic E-state index is 12.4. The number of hydrogen-bond donors (Lipinski definition) is 0. The van der Waals surface area contributed by atoms with E-state index in [0.29, 0.717) is 0 Å². The molecule has 70 valence electrons. The maximum atomic E-state index is 12.4. The maximum Gasteiger partial charge on any atom is 0.248 e. The van der Waals surface area contributed by atoms with Gasteiger partial charge in [-0.25, -0.2) is 12.8 Å². The fourth-order valence-corrected chi connectivity index (χ4v) is 1.61. The Bertz CT molecular complexity index is 419. The Morgan fingerprint density at radius 2 is 1.69 bits per heavy atom. The Morgan fingerprint density at radius 1 is 1.23 bits per heavy atom. The van der Waals surface area contributed by atoms with Crippen LogP contribution < -0.4 is 0 Å². The van der Waals surface area contributed by atoms with Gasteiger partial charge >= 0.3 is 0 Å². The number of rotatable bonds is 1. The van der Waals surface area contributed by atoms with Gasteiger partial charge in [-0.05, 0) is 24.3 Å². The van der Waals surface area contributed by atoms with Gasteiger partial charge in [0.1, 0.15) is 5.82 Å². The third-order valence-electron chi connectivity index (χ3n) is 1.50. The van der Waals surface area contributed by atoms with Crippen LogP contribution in [0.4, 0.5) is 4.39 Å². The first kappa shape index (κ1) is 9.85. The van der Waals surface area contributed by atoms with E-state index in [1.54, 1.807) is 0 Å². The van der Waals surface area contributed by atoms with Gasteiger partial charge in [-0.1, -0.05) is 0 Å². The molecular formula is C8H7FO3S. The largest absolute Gasteiger partial charge is 0.282 e. The topological polar surface area (TPSA) is 51.2 Å². The van der Waals surface area contributed by atoms with Crippen LogP contribution in [-0.4, -0.2) is 13.5 Å². The van der Waals surface area contributed by atoms with Crippen molar-refractivity contribution < 1.29 is 17.6 Å². The SMILES string of the molecule is CC(=O)S(=O)(=O)c1ccc(F)cc1. The molecule has 0 fully saturated rings. The van der Waals surface area contributed by atoms with Gasteiger partial charge in [0.2, 0.25) is 15.0 Å². The molecule has 0 aromatic heterocycles. The molecule has 0 N–H and O–H groups in total. The molecule has 1 rings (SSSR count). The van der Waals surface area contributed by atoms with E-state index >= 15 is 0 Å². The number of carbonyl (C=O) groups is 1. The minimum atomic E-state index is -3.90. The van der Waals surface area contributed by atoms with Crippen LogP contribution in [0.5, 0.6) is 0 Å². The average molecular weight is 202 g/mol. The van der Waals surface area contributed by atoms with E-state index < -0.39 is 20.8 Å². The number of hydrogen-bond acceptors (Lipinski definition) is 3. The lowest BCUT2D eigenvalue weighted by atomic mass is 10.4. The third kappa shape index (κ3) is 1.92. The third-order valence-corrected chi connectivity index (χ3v) is 3.15. The summed E-state index contributed by atoms with van der Waals surface area (Å²) in [7, 11) is -3.90. The Morgan fingerprint density at radius 3 is 2.08 bits per heavy atom. The van der Waals surface area contributed by atoms with E-state index in [-0.39, 0.29) is 4.90 Å². The summed E-state index contributed by atoms with van der Waals surface area (Å²) in [6.07, 6.45) is 0. The lowest BCUT2D eigenvalue weighted by Gasteiger charge is -1.98. The molecule has 0 amide bonds. The standard InChI is InChI=1S/C8H7FO3S/c1-6(10)13(11,12)8-4-2-7(9)3-5-8/h2-5H,1H3. The Labute approximate surface area is 75.1 Å². The van der Waals surface area contributed by atoms with E-state index in [0.717, 1.165) is 31.2 Å². The van der Waals surface area contributed by atoms with Crippen molar-refractivity contribution in [1.82, 2.24) is 0 Å². The highest BCUT2D eigenvalue weighted by atomic mass is 32.2. The normalized spacial score (nSPS) is 11.2. The predicted molar refractivity (Wildman–Crippen MR) is 44.3 cm³/mol. The lowest BCUT2D eigenvalue weighted by Crippen LogP contribution is -2.10. The molecule has 5 heteroatoms. The number of halogens is 1. The van der Waals surface area contributed by atoms with Crippen molar-refractivity contribution in [2.24, 2.45) is 0 Å². The van der Waals surface area contributed by atoms with Crippen molar-refractivity contribution in [2.45, 2.75) is 11.8 Å². The molecule has 13 heavy (non-hydrogen) atoms. The first-order chi connectivity index (χ1) is 5.94. The molecule has 0 spiro atoms. The zero-order valence-corrected chi connectivity index (χ0v) is 7.64. The van der Waals surface area contributed by atoms with Crippen LogP contribution in [-0.2, 0) is 14.6 Å². The second kappa shape index (κ2) is 3.26. The van der Waals surface area contributed by atoms with Crippen LogP contribution >= 0.6 is 0 Å². The van der Waals surface area contributed by atoms with Gasteiger partial charge in [0.25, 0.3) is 0 Å². The first-order valence-corrected chi connectivity index (χ1v) is 4.94. The smallest absolute Gasteiger partial charge is 0.248 e. The molecule has 3 nitrogen and oxygen atoms in total. The van der Waals surface area contributed by atoms with Gasteiger partial charge in [0, 0.05) is 6.92 Å². The summed E-state index contributed by atoms with van der Waals surface area (Å²) in [5, 5.41) is -0.945. The van der Waals surface area contributed by atoms with Crippen molar-refractivity contribution in [3.63, 3.8) is 0 Å². The zero-order valence-electron chi connectivity index (χ0n) is 6.82. The molecule has 0 aliphatic heterocycles. The van der Waals surface area contributed by atoms with Crippen LogP contribution in [0, 0.1) is 5.82 Å². The second-order valence-electron chi connectivity index (χ2n) is 2.45. The molecule has 0 aliphatic rings. The molecule has 0 radical (unpaired) electrons. The highest BCUT2D eigenvalue weighted by Gasteiger charge is 2.19. The minimum Gasteiger partial charge on any atom is -0.282 e. The van der Waals surface area contributed by atoms with Crippen molar-refractivity contribution in [3.8, 4) is 0 Å². The molecule has 0 saturated heterocycles. The molecule has 0 heterocycles. The summed E-state index contributed by atoms with van der Waals surface area (Å²) in [5.41, 5.74) is 0. The monoisotopic (exact) mass is 202 g/mol. The van der Waals surface area contributed by atoms with Crippen molar-refractivity contribution in [2.75, 3.05) is 0 Å². The van der Waals surface area contributed by atoms with Gasteiger partial charge in [-0.3, -0.25) is 4.79 Å². The van der Waals surface area contributed by atoms with Gasteiger partial charge in [-0.15, -0.1) is 0 Å². The quantitative estimate of drug-likeness (QED) is 0.642. The van der Waals surface area contributed by atoms with Gasteiger partial charge in [0.15, 0.2) is 0 Å². The Hall–Kier alpha value is -1.23. The number of sulfone groups is 1. The van der Waals surface area contributed by atoms with Crippen LogP contribution in [0.15, 0.2) is 29.2 Å². The van der Waals surface area contributed by atoms with Crippen molar-refractivity contribution in [1.29, 1.82) is 0 Å². The van der Waals surface area contributed by atoms with Gasteiger partial charge < -0.3 is 0 Å². The van der Waals surface area contributed by atoms with E-state index in [2.05, 4.69) is 0 Å². The van der Waals surface area contributed by atoms with Crippen LogP contribution in [0.25, 0.3) is 0 Å². The summed E-state index contributed by atoms with van der Waals surface area (Å²) >= 11 is 0. The van der Waals surface area contributed by atoms with E-state index in [9.17, 15) is 17.6 Å². The summed E-state index contributed by atoms with van der Waals surface area (Å²) < 4.78 is 34.7. The zero-order chi connectivity index (χ0) is 10.1. The molecular weight excluding hydrogens is 195 g/mol. The predicted octanol–water partition coefficient (Wildman–Crippen LogP) is 1.15. The molecule has 0 saturated carbocycles. The van der Waals surface area contributed by atoms with Crippen LogP contribution in [0.3, 0.4) is 0 Å². The molecule has 0 bridgehead atoms. The second-order valence-corrected chi connectivity index (χ2v) is 4.50. The molecule has 1 aromatic rings. The van der Waals surface area contributed by atoms with Gasteiger partial charge in [0.05, 0.1) is 4.90 Å². The fourth-order valence-electron chi connectivity index (χ4n) is 0.780. The summed E-state index contributed by atoms with van der Waals surface area (Å²) in [4.78, 5) is 10.5. The van der Waals surface area contributed by atoms with E-state index in [4.69, 9.17) is 0 Å². The Balaban J connectivity index is 3.25. The Kier molecular flexibility index (Phi) is 2.47. The number of benzene rings is 1. The van der Waals surface area contributed by atoms with E-state index in [1.165, 1.54) is 0 Å². The first-order valence-electron chi connectivity index (χ1n) is 3.46. The van der Waals surface area contributed by atoms with Gasteiger partial charge in [-0.2, -0.15) is 0 Å². The lowest BCUT2D eigenvalue weighted by molar-refractivity contribution is -0.109. The summed E-state index contributed by atoms with van der Waals surface area (Å²) in [6.45, 7) is 0.957. The minimum absolute atomic E-state index is 0.179. The van der Waals surface area contributed by atoms with Crippen LogP contribution in [0.1, 0.15) is 6.92 Å². The highest BCUT2D eigenvalue weighted by Crippen LogP contribution is 2.11. The molecule has 0 aliphatic carbocycles. The number of carbonyl (C=O) groups excluding carboxylic acids is 1. The average Bonchev–Trinajstić information content (AvgIpc) is 2.04. The van der Waals surface area contributed by atoms with Crippen molar-refractivity contribution >= 4 is 15.0 Å². The van der Waals surface area contributed by atoms with Crippen molar-refractivity contribution in [3.05, 3.63) is 30.1 Å². The van der Waals surface area contributed by atoms with E-state index in [1.807, 2.05) is 0 Å². The fraction of sp³-hybridized carbons (Fsp3) is 0.125.